The van der Waals surface area contributed by atoms with Crippen LogP contribution in [0.4, 0.5) is 9.59 Å². The SMILES string of the molecule is COC(=O)N[C@@H]1C[C@@H]2O[C@@H]2C[C@H]1NC(=O)OC. The van der Waals surface area contributed by atoms with E-state index < -0.39 is 12.2 Å². The molecule has 1 aliphatic heterocycles. The van der Waals surface area contributed by atoms with Gasteiger partial charge in [0.2, 0.25) is 0 Å². The zero-order chi connectivity index (χ0) is 12.4. The number of hydrogen-bond acceptors (Lipinski definition) is 5. The molecule has 7 heteroatoms. The highest BCUT2D eigenvalue weighted by atomic mass is 16.6. The van der Waals surface area contributed by atoms with E-state index in [1.807, 2.05) is 0 Å². The van der Waals surface area contributed by atoms with E-state index in [1.54, 1.807) is 0 Å². The molecule has 1 saturated heterocycles. The van der Waals surface area contributed by atoms with Crippen LogP contribution in [0.3, 0.4) is 0 Å². The van der Waals surface area contributed by atoms with Crippen molar-refractivity contribution in [2.75, 3.05) is 14.2 Å². The minimum absolute atomic E-state index is 0.188. The van der Waals surface area contributed by atoms with E-state index in [-0.39, 0.29) is 24.3 Å². The molecule has 7 nitrogen and oxygen atoms in total. The maximum absolute atomic E-state index is 11.2. The van der Waals surface area contributed by atoms with Gasteiger partial charge in [0.15, 0.2) is 0 Å². The number of methoxy groups -OCH3 is 2. The predicted octanol–water partition coefficient (Wildman–Crippen LogP) is -0.00320. The molecule has 0 unspecified atom stereocenters. The molecule has 4 atom stereocenters. The van der Waals surface area contributed by atoms with Gasteiger partial charge in [-0.1, -0.05) is 0 Å². The summed E-state index contributed by atoms with van der Waals surface area (Å²) in [5.74, 6) is 0. The molecule has 0 bridgehead atoms. The van der Waals surface area contributed by atoms with Crippen molar-refractivity contribution in [1.29, 1.82) is 0 Å². The normalized spacial score (nSPS) is 34.2. The summed E-state index contributed by atoms with van der Waals surface area (Å²) >= 11 is 0. The van der Waals surface area contributed by atoms with Crippen molar-refractivity contribution in [3.63, 3.8) is 0 Å². The van der Waals surface area contributed by atoms with E-state index in [4.69, 9.17) is 4.74 Å². The van der Waals surface area contributed by atoms with Crippen molar-refractivity contribution in [2.24, 2.45) is 0 Å². The number of amides is 2. The van der Waals surface area contributed by atoms with Gasteiger partial charge in [-0.3, -0.25) is 0 Å². The molecule has 96 valence electrons. The maximum atomic E-state index is 11.2. The van der Waals surface area contributed by atoms with Crippen LogP contribution in [0.25, 0.3) is 0 Å². The first-order valence-corrected chi connectivity index (χ1v) is 5.48. The van der Waals surface area contributed by atoms with E-state index in [9.17, 15) is 9.59 Å². The third-order valence-corrected chi connectivity index (χ3v) is 3.12. The van der Waals surface area contributed by atoms with Crippen LogP contribution in [0.2, 0.25) is 0 Å². The van der Waals surface area contributed by atoms with Crippen molar-refractivity contribution in [3.8, 4) is 0 Å². The summed E-state index contributed by atoms with van der Waals surface area (Å²) in [5.41, 5.74) is 0. The Hall–Kier alpha value is -1.50. The fraction of sp³-hybridized carbons (Fsp3) is 0.800. The summed E-state index contributed by atoms with van der Waals surface area (Å²) in [6, 6.07) is -0.379. The lowest BCUT2D eigenvalue weighted by Crippen LogP contribution is -2.54. The van der Waals surface area contributed by atoms with Crippen LogP contribution in [0, 0.1) is 0 Å². The summed E-state index contributed by atoms with van der Waals surface area (Å²) in [4.78, 5) is 22.4. The van der Waals surface area contributed by atoms with Crippen LogP contribution in [0.5, 0.6) is 0 Å². The number of alkyl carbamates (subject to hydrolysis) is 2. The highest BCUT2D eigenvalue weighted by Crippen LogP contribution is 2.36. The molecule has 1 aliphatic carbocycles. The average molecular weight is 244 g/mol. The lowest BCUT2D eigenvalue weighted by Gasteiger charge is -2.29. The first-order valence-electron chi connectivity index (χ1n) is 5.48. The Bertz CT molecular complexity index is 292. The van der Waals surface area contributed by atoms with E-state index in [1.165, 1.54) is 14.2 Å². The van der Waals surface area contributed by atoms with Crippen molar-refractivity contribution in [1.82, 2.24) is 10.6 Å². The molecule has 2 N–H and O–H groups in total. The van der Waals surface area contributed by atoms with Gasteiger partial charge in [0, 0.05) is 0 Å². The van der Waals surface area contributed by atoms with Crippen LogP contribution in [0.1, 0.15) is 12.8 Å². The molecule has 0 aromatic carbocycles. The van der Waals surface area contributed by atoms with Crippen molar-refractivity contribution in [3.05, 3.63) is 0 Å². The Labute approximate surface area is 98.8 Å². The van der Waals surface area contributed by atoms with E-state index in [2.05, 4.69) is 20.1 Å². The number of carbonyl (C=O) groups is 2. The Kier molecular flexibility index (Phi) is 3.37. The molecule has 2 rings (SSSR count). The van der Waals surface area contributed by atoms with Crippen molar-refractivity contribution >= 4 is 12.2 Å². The Balaban J connectivity index is 1.93. The molecule has 2 fully saturated rings. The number of epoxide rings is 1. The molecule has 0 radical (unpaired) electrons. The van der Waals surface area contributed by atoms with Gasteiger partial charge in [0.25, 0.3) is 0 Å². The molecule has 2 amide bonds. The van der Waals surface area contributed by atoms with Crippen LogP contribution < -0.4 is 10.6 Å². The van der Waals surface area contributed by atoms with Crippen LogP contribution >= 0.6 is 0 Å². The third-order valence-electron chi connectivity index (χ3n) is 3.12. The van der Waals surface area contributed by atoms with E-state index in [0.717, 1.165) is 0 Å². The second-order valence-electron chi connectivity index (χ2n) is 4.17. The fourth-order valence-electron chi connectivity index (χ4n) is 2.16. The average Bonchev–Trinajstić information content (AvgIpc) is 3.06. The molecular weight excluding hydrogens is 228 g/mol. The standard InChI is InChI=1S/C10H16N2O5/c1-15-9(13)11-5-3-7-8(17-7)4-6(5)12-10(14)16-2/h5-8H,3-4H2,1-2H3,(H,11,13)(H,12,14)/t5-,6-,7-,8+/m1/s1. The van der Waals surface area contributed by atoms with Gasteiger partial charge in [-0.15, -0.1) is 0 Å². The molecule has 0 spiro atoms. The summed E-state index contributed by atoms with van der Waals surface area (Å²) in [6.45, 7) is 0. The topological polar surface area (TPSA) is 89.2 Å². The number of carbonyl (C=O) groups excluding carboxylic acids is 2. The minimum Gasteiger partial charge on any atom is -0.453 e. The molecule has 2 aliphatic rings. The van der Waals surface area contributed by atoms with Gasteiger partial charge in [0.1, 0.15) is 0 Å². The number of rotatable bonds is 2. The fourth-order valence-corrected chi connectivity index (χ4v) is 2.16. The van der Waals surface area contributed by atoms with Crippen molar-refractivity contribution < 1.29 is 23.8 Å². The summed E-state index contributed by atoms with van der Waals surface area (Å²) in [5, 5.41) is 5.39. The second kappa shape index (κ2) is 4.79. The Morgan fingerprint density at radius 3 is 1.76 bits per heavy atom. The van der Waals surface area contributed by atoms with Gasteiger partial charge in [0.05, 0.1) is 38.5 Å². The van der Waals surface area contributed by atoms with Crippen LogP contribution in [0.15, 0.2) is 0 Å². The monoisotopic (exact) mass is 244 g/mol. The largest absolute Gasteiger partial charge is 0.453 e. The van der Waals surface area contributed by atoms with Gasteiger partial charge in [-0.2, -0.15) is 0 Å². The molecular formula is C10H16N2O5. The van der Waals surface area contributed by atoms with Gasteiger partial charge in [-0.25, -0.2) is 9.59 Å². The predicted molar refractivity (Wildman–Crippen MR) is 56.6 cm³/mol. The Morgan fingerprint density at radius 2 is 1.41 bits per heavy atom. The number of hydrogen-bond donors (Lipinski definition) is 2. The highest BCUT2D eigenvalue weighted by Gasteiger charge is 2.49. The molecule has 0 aromatic heterocycles. The second-order valence-corrected chi connectivity index (χ2v) is 4.17. The van der Waals surface area contributed by atoms with E-state index >= 15 is 0 Å². The third kappa shape index (κ3) is 2.79. The minimum atomic E-state index is -0.509. The molecule has 0 aromatic rings. The quantitative estimate of drug-likeness (QED) is 0.667. The molecule has 17 heavy (non-hydrogen) atoms. The lowest BCUT2D eigenvalue weighted by molar-refractivity contribution is 0.148. The van der Waals surface area contributed by atoms with Gasteiger partial charge >= 0.3 is 12.2 Å². The molecule has 1 saturated carbocycles. The number of fused-ring (bicyclic) bond motifs is 1. The number of ether oxygens (including phenoxy) is 3. The summed E-state index contributed by atoms with van der Waals surface area (Å²) in [6.07, 6.45) is 0.709. The first-order chi connectivity index (χ1) is 8.13. The van der Waals surface area contributed by atoms with Gasteiger partial charge in [-0.05, 0) is 12.8 Å². The Morgan fingerprint density at radius 1 is 1.00 bits per heavy atom. The highest BCUT2D eigenvalue weighted by molar-refractivity contribution is 5.69. The van der Waals surface area contributed by atoms with Crippen LogP contribution in [-0.4, -0.2) is 50.7 Å². The lowest BCUT2D eigenvalue weighted by atomic mass is 9.90. The maximum Gasteiger partial charge on any atom is 0.407 e. The zero-order valence-electron chi connectivity index (χ0n) is 9.76. The smallest absolute Gasteiger partial charge is 0.407 e. The van der Waals surface area contributed by atoms with Crippen LogP contribution in [-0.2, 0) is 14.2 Å². The van der Waals surface area contributed by atoms with Gasteiger partial charge < -0.3 is 24.8 Å². The first kappa shape index (κ1) is 12.0. The molecule has 1 heterocycles. The van der Waals surface area contributed by atoms with E-state index in [0.29, 0.717) is 12.8 Å². The number of nitrogens with one attached hydrogen (secondary N) is 2. The summed E-state index contributed by atoms with van der Waals surface area (Å²) in [7, 11) is 2.61. The summed E-state index contributed by atoms with van der Waals surface area (Å²) < 4.78 is 14.5. The van der Waals surface area contributed by atoms with Crippen molar-refractivity contribution in [2.45, 2.75) is 37.1 Å². The zero-order valence-corrected chi connectivity index (χ0v) is 9.76.